The van der Waals surface area contributed by atoms with Crippen LogP contribution in [-0.2, 0) is 0 Å². The average molecular weight is 170 g/mol. The van der Waals surface area contributed by atoms with Gasteiger partial charge in [-0.05, 0) is 6.07 Å². The Morgan fingerprint density at radius 1 is 1.08 bits per heavy atom. The minimum Gasteiger partial charge on any atom is -0.345 e. The van der Waals surface area contributed by atoms with Crippen LogP contribution >= 0.6 is 0 Å². The summed E-state index contributed by atoms with van der Waals surface area (Å²) in [6.45, 7) is 0. The summed E-state index contributed by atoms with van der Waals surface area (Å²) in [6.07, 6.45) is 6.99. The third kappa shape index (κ3) is 0.823. The summed E-state index contributed by atoms with van der Waals surface area (Å²) in [6, 6.07) is 1.94. The van der Waals surface area contributed by atoms with Gasteiger partial charge in [0.15, 0.2) is 5.65 Å². The highest BCUT2D eigenvalue weighted by atomic mass is 14.9. The Morgan fingerprint density at radius 3 is 3.08 bits per heavy atom. The van der Waals surface area contributed by atoms with E-state index in [0.29, 0.717) is 0 Å². The van der Waals surface area contributed by atoms with Crippen molar-refractivity contribution >= 4 is 21.9 Å². The number of H-pyrrole nitrogens is 1. The maximum atomic E-state index is 4.20. The number of nitrogens with zero attached hydrogens (tertiary/aromatic N) is 3. The number of pyridine rings is 1. The van der Waals surface area contributed by atoms with Crippen molar-refractivity contribution in [2.75, 3.05) is 0 Å². The second-order valence-electron chi connectivity index (χ2n) is 2.82. The van der Waals surface area contributed by atoms with Crippen molar-refractivity contribution < 1.29 is 0 Å². The zero-order valence-corrected chi connectivity index (χ0v) is 6.73. The number of rotatable bonds is 0. The topological polar surface area (TPSA) is 54.5 Å². The second kappa shape index (κ2) is 2.26. The summed E-state index contributed by atoms with van der Waals surface area (Å²) in [4.78, 5) is 15.4. The molecular weight excluding hydrogens is 164 g/mol. The lowest BCUT2D eigenvalue weighted by atomic mass is 10.2. The molecule has 0 spiro atoms. The lowest BCUT2D eigenvalue weighted by Crippen LogP contribution is -1.83. The van der Waals surface area contributed by atoms with E-state index in [1.54, 1.807) is 18.7 Å². The minimum atomic E-state index is 0.772. The molecule has 0 bridgehead atoms. The van der Waals surface area contributed by atoms with Crippen molar-refractivity contribution in [1.29, 1.82) is 0 Å². The number of nitrogens with one attached hydrogen (secondary N) is 1. The maximum Gasteiger partial charge on any atom is 0.159 e. The molecular formula is C9H6N4. The fourth-order valence-corrected chi connectivity index (χ4v) is 1.45. The molecule has 3 aromatic heterocycles. The number of aromatic amines is 1. The van der Waals surface area contributed by atoms with Crippen molar-refractivity contribution in [3.05, 3.63) is 31.0 Å². The highest BCUT2D eigenvalue weighted by molar-refractivity contribution is 6.02. The monoisotopic (exact) mass is 170 g/mol. The van der Waals surface area contributed by atoms with Crippen molar-refractivity contribution in [2.24, 2.45) is 0 Å². The third-order valence-corrected chi connectivity index (χ3v) is 2.07. The Kier molecular flexibility index (Phi) is 1.14. The SMILES string of the molecule is c1cc2c(n1)ncc1[nH]cncc12. The fraction of sp³-hybridized carbons (Fsp3) is 0. The Labute approximate surface area is 73.7 Å². The number of fused-ring (bicyclic) bond motifs is 3. The normalized spacial score (nSPS) is 11.1. The van der Waals surface area contributed by atoms with E-state index in [0.717, 1.165) is 21.9 Å². The van der Waals surface area contributed by atoms with Gasteiger partial charge < -0.3 is 4.98 Å². The molecule has 4 nitrogen and oxygen atoms in total. The van der Waals surface area contributed by atoms with Gasteiger partial charge in [0.05, 0.1) is 18.0 Å². The molecule has 0 aliphatic heterocycles. The average Bonchev–Trinajstić information content (AvgIpc) is 2.65. The first kappa shape index (κ1) is 6.54. The van der Waals surface area contributed by atoms with Crippen LogP contribution in [0.2, 0.25) is 0 Å². The molecule has 13 heavy (non-hydrogen) atoms. The quantitative estimate of drug-likeness (QED) is 0.556. The molecule has 0 saturated heterocycles. The first-order valence-electron chi connectivity index (χ1n) is 3.97. The molecule has 0 radical (unpaired) electrons. The van der Waals surface area contributed by atoms with Gasteiger partial charge >= 0.3 is 0 Å². The molecule has 4 heteroatoms. The third-order valence-electron chi connectivity index (χ3n) is 2.07. The van der Waals surface area contributed by atoms with Gasteiger partial charge in [-0.1, -0.05) is 0 Å². The van der Waals surface area contributed by atoms with Crippen LogP contribution in [0.25, 0.3) is 21.9 Å². The molecule has 0 aliphatic rings. The summed E-state index contributed by atoms with van der Waals surface area (Å²) in [5, 5.41) is 2.10. The Hall–Kier alpha value is -1.97. The van der Waals surface area contributed by atoms with Crippen molar-refractivity contribution in [1.82, 2.24) is 19.9 Å². The van der Waals surface area contributed by atoms with Gasteiger partial charge in [-0.3, -0.25) is 0 Å². The largest absolute Gasteiger partial charge is 0.345 e. The van der Waals surface area contributed by atoms with Crippen LogP contribution in [0, 0.1) is 0 Å². The summed E-state index contributed by atoms with van der Waals surface area (Å²) in [5.74, 6) is 0. The molecule has 3 rings (SSSR count). The lowest BCUT2D eigenvalue weighted by Gasteiger charge is -1.96. The van der Waals surface area contributed by atoms with E-state index in [1.165, 1.54) is 0 Å². The van der Waals surface area contributed by atoms with Crippen molar-refractivity contribution in [3.63, 3.8) is 0 Å². The molecule has 1 N–H and O–H groups in total. The van der Waals surface area contributed by atoms with Crippen LogP contribution < -0.4 is 0 Å². The number of hydrogen-bond donors (Lipinski definition) is 1. The van der Waals surface area contributed by atoms with Gasteiger partial charge in [-0.25, -0.2) is 15.0 Å². The lowest BCUT2D eigenvalue weighted by molar-refractivity contribution is 1.21. The summed E-state index contributed by atoms with van der Waals surface area (Å²) in [5.41, 5.74) is 1.75. The van der Waals surface area contributed by atoms with Gasteiger partial charge in [-0.15, -0.1) is 0 Å². The van der Waals surface area contributed by atoms with E-state index in [1.807, 2.05) is 12.3 Å². The smallest absolute Gasteiger partial charge is 0.159 e. The first-order valence-corrected chi connectivity index (χ1v) is 3.97. The van der Waals surface area contributed by atoms with Crippen LogP contribution in [0.5, 0.6) is 0 Å². The van der Waals surface area contributed by atoms with Gasteiger partial charge in [0.2, 0.25) is 0 Å². The highest BCUT2D eigenvalue weighted by Gasteiger charge is 2.01. The molecule has 3 heterocycles. The maximum absolute atomic E-state index is 4.20. The zero-order chi connectivity index (χ0) is 8.67. The van der Waals surface area contributed by atoms with Crippen molar-refractivity contribution in [2.45, 2.75) is 0 Å². The Morgan fingerprint density at radius 2 is 2.08 bits per heavy atom. The van der Waals surface area contributed by atoms with E-state index in [4.69, 9.17) is 0 Å². The van der Waals surface area contributed by atoms with Gasteiger partial charge in [0.1, 0.15) is 0 Å². The van der Waals surface area contributed by atoms with E-state index in [2.05, 4.69) is 19.9 Å². The van der Waals surface area contributed by atoms with Gasteiger partial charge in [0, 0.05) is 23.2 Å². The highest BCUT2D eigenvalue weighted by Crippen LogP contribution is 2.19. The molecule has 0 unspecified atom stereocenters. The van der Waals surface area contributed by atoms with E-state index in [-0.39, 0.29) is 0 Å². The van der Waals surface area contributed by atoms with Gasteiger partial charge in [-0.2, -0.15) is 0 Å². The van der Waals surface area contributed by atoms with Crippen LogP contribution in [0.1, 0.15) is 0 Å². The molecule has 0 amide bonds. The number of aromatic nitrogens is 4. The van der Waals surface area contributed by atoms with E-state index >= 15 is 0 Å². The standard InChI is InChI=1S/C9H6N4/c1-2-11-9-6(1)7-3-10-5-13-8(7)4-12-9/h1-5H,(H,10,13). The summed E-state index contributed by atoms with van der Waals surface area (Å²) in [7, 11) is 0. The van der Waals surface area contributed by atoms with E-state index < -0.39 is 0 Å². The Balaban J connectivity index is 2.65. The minimum absolute atomic E-state index is 0.772. The second-order valence-corrected chi connectivity index (χ2v) is 2.82. The molecule has 0 saturated carbocycles. The number of hydrogen-bond acceptors (Lipinski definition) is 3. The molecule has 0 fully saturated rings. The fourth-order valence-electron chi connectivity index (χ4n) is 1.45. The molecule has 3 aromatic rings. The van der Waals surface area contributed by atoms with Crippen molar-refractivity contribution in [3.8, 4) is 0 Å². The first-order chi connectivity index (χ1) is 6.45. The predicted octanol–water partition coefficient (Wildman–Crippen LogP) is 1.51. The molecule has 0 atom stereocenters. The van der Waals surface area contributed by atoms with Crippen LogP contribution in [0.4, 0.5) is 0 Å². The predicted molar refractivity (Wildman–Crippen MR) is 49.2 cm³/mol. The molecule has 0 aliphatic carbocycles. The van der Waals surface area contributed by atoms with E-state index in [9.17, 15) is 0 Å². The summed E-state index contributed by atoms with van der Waals surface area (Å²) < 4.78 is 0. The van der Waals surface area contributed by atoms with Crippen LogP contribution in [-0.4, -0.2) is 19.9 Å². The van der Waals surface area contributed by atoms with Gasteiger partial charge in [0.25, 0.3) is 0 Å². The van der Waals surface area contributed by atoms with Crippen LogP contribution in [0.15, 0.2) is 31.0 Å². The summed E-state index contributed by atoms with van der Waals surface area (Å²) >= 11 is 0. The molecule has 62 valence electrons. The molecule has 0 aromatic carbocycles. The Bertz CT molecular complexity index is 570. The zero-order valence-electron chi connectivity index (χ0n) is 6.73. The van der Waals surface area contributed by atoms with Crippen LogP contribution in [0.3, 0.4) is 0 Å².